The zero-order chi connectivity index (χ0) is 14.1. The Kier molecular flexibility index (Phi) is 3.49. The van der Waals surface area contributed by atoms with Crippen LogP contribution in [0.2, 0.25) is 0 Å². The predicted octanol–water partition coefficient (Wildman–Crippen LogP) is 2.54. The number of fused-ring (bicyclic) bond motifs is 1. The third-order valence-electron chi connectivity index (χ3n) is 4.27. The monoisotopic (exact) mass is 272 g/mol. The number of amides is 1. The molecule has 0 radical (unpaired) electrons. The van der Waals surface area contributed by atoms with Gasteiger partial charge in [0, 0.05) is 18.0 Å². The second-order valence-electron chi connectivity index (χ2n) is 5.61. The number of aromatic amines is 1. The lowest BCUT2D eigenvalue weighted by Crippen LogP contribution is -2.46. The van der Waals surface area contributed by atoms with Gasteiger partial charge in [-0.2, -0.15) is 0 Å². The van der Waals surface area contributed by atoms with Crippen LogP contribution in [-0.4, -0.2) is 40.1 Å². The Morgan fingerprint density at radius 1 is 1.30 bits per heavy atom. The van der Waals surface area contributed by atoms with Crippen molar-refractivity contribution in [2.45, 2.75) is 37.8 Å². The zero-order valence-corrected chi connectivity index (χ0v) is 11.7. The van der Waals surface area contributed by atoms with Gasteiger partial charge in [0.1, 0.15) is 5.69 Å². The Bertz CT molecular complexity index is 587. The highest BCUT2D eigenvalue weighted by atomic mass is 16.3. The number of carbonyl (C=O) groups excluding carboxylic acids is 1. The summed E-state index contributed by atoms with van der Waals surface area (Å²) in [6.45, 7) is 0. The number of para-hydroxylation sites is 1. The van der Waals surface area contributed by atoms with Gasteiger partial charge < -0.3 is 15.0 Å². The summed E-state index contributed by atoms with van der Waals surface area (Å²) in [5.41, 5.74) is 1.56. The van der Waals surface area contributed by atoms with E-state index in [4.69, 9.17) is 0 Å². The Balaban J connectivity index is 1.83. The van der Waals surface area contributed by atoms with E-state index in [2.05, 4.69) is 4.98 Å². The molecule has 4 nitrogen and oxygen atoms in total. The quantitative estimate of drug-likeness (QED) is 0.882. The van der Waals surface area contributed by atoms with E-state index in [0.29, 0.717) is 5.69 Å². The van der Waals surface area contributed by atoms with Crippen LogP contribution >= 0.6 is 0 Å². The van der Waals surface area contributed by atoms with E-state index in [9.17, 15) is 9.90 Å². The Morgan fingerprint density at radius 3 is 2.80 bits per heavy atom. The molecule has 1 heterocycles. The molecule has 1 saturated carbocycles. The molecule has 106 valence electrons. The van der Waals surface area contributed by atoms with Gasteiger partial charge in [0.2, 0.25) is 0 Å². The van der Waals surface area contributed by atoms with Gasteiger partial charge in [0.05, 0.1) is 12.1 Å². The minimum Gasteiger partial charge on any atom is -0.391 e. The fraction of sp³-hybridized carbons (Fsp3) is 0.438. The fourth-order valence-electron chi connectivity index (χ4n) is 3.07. The molecule has 4 heteroatoms. The first-order chi connectivity index (χ1) is 9.66. The smallest absolute Gasteiger partial charge is 0.270 e. The molecule has 2 atom stereocenters. The molecule has 2 N–H and O–H groups in total. The number of carbonyl (C=O) groups is 1. The van der Waals surface area contributed by atoms with Crippen LogP contribution in [0.15, 0.2) is 30.3 Å². The van der Waals surface area contributed by atoms with Crippen molar-refractivity contribution in [3.05, 3.63) is 36.0 Å². The summed E-state index contributed by atoms with van der Waals surface area (Å²) >= 11 is 0. The van der Waals surface area contributed by atoms with E-state index in [-0.39, 0.29) is 11.9 Å². The van der Waals surface area contributed by atoms with Gasteiger partial charge in [-0.1, -0.05) is 31.0 Å². The average Bonchev–Trinajstić information content (AvgIpc) is 2.90. The number of aliphatic hydroxyl groups is 1. The van der Waals surface area contributed by atoms with E-state index in [1.807, 2.05) is 30.3 Å². The van der Waals surface area contributed by atoms with Crippen LogP contribution in [0.4, 0.5) is 0 Å². The average molecular weight is 272 g/mol. The van der Waals surface area contributed by atoms with Crippen LogP contribution in [0.1, 0.15) is 36.2 Å². The normalized spacial score (nSPS) is 22.9. The van der Waals surface area contributed by atoms with Gasteiger partial charge >= 0.3 is 0 Å². The summed E-state index contributed by atoms with van der Waals surface area (Å²) in [5.74, 6) is -0.0489. The molecule has 3 rings (SSSR count). The van der Waals surface area contributed by atoms with Gasteiger partial charge in [0.15, 0.2) is 0 Å². The molecule has 1 amide bonds. The van der Waals surface area contributed by atoms with Crippen LogP contribution < -0.4 is 0 Å². The molecule has 0 aliphatic heterocycles. The number of aliphatic hydroxyl groups excluding tert-OH is 1. The third-order valence-corrected chi connectivity index (χ3v) is 4.27. The van der Waals surface area contributed by atoms with Crippen molar-refractivity contribution < 1.29 is 9.90 Å². The summed E-state index contributed by atoms with van der Waals surface area (Å²) in [6.07, 6.45) is 3.39. The van der Waals surface area contributed by atoms with Crippen LogP contribution in [0.5, 0.6) is 0 Å². The number of benzene rings is 1. The van der Waals surface area contributed by atoms with Crippen molar-refractivity contribution in [1.29, 1.82) is 0 Å². The summed E-state index contributed by atoms with van der Waals surface area (Å²) in [6, 6.07) is 9.66. The van der Waals surface area contributed by atoms with Crippen LogP contribution in [-0.2, 0) is 0 Å². The lowest BCUT2D eigenvalue weighted by atomic mass is 9.91. The van der Waals surface area contributed by atoms with E-state index in [1.165, 1.54) is 0 Å². The first-order valence-corrected chi connectivity index (χ1v) is 7.20. The van der Waals surface area contributed by atoms with Crippen molar-refractivity contribution in [3.8, 4) is 0 Å². The van der Waals surface area contributed by atoms with Gasteiger partial charge in [0.25, 0.3) is 5.91 Å². The van der Waals surface area contributed by atoms with Gasteiger partial charge in [-0.15, -0.1) is 0 Å². The van der Waals surface area contributed by atoms with Gasteiger partial charge in [-0.3, -0.25) is 4.79 Å². The fourth-order valence-corrected chi connectivity index (χ4v) is 3.07. The van der Waals surface area contributed by atoms with Crippen LogP contribution in [0.3, 0.4) is 0 Å². The van der Waals surface area contributed by atoms with Crippen molar-refractivity contribution in [3.63, 3.8) is 0 Å². The maximum absolute atomic E-state index is 12.5. The van der Waals surface area contributed by atoms with E-state index >= 15 is 0 Å². The number of nitrogens with zero attached hydrogens (tertiary/aromatic N) is 1. The molecule has 20 heavy (non-hydrogen) atoms. The number of aromatic nitrogens is 1. The summed E-state index contributed by atoms with van der Waals surface area (Å²) in [7, 11) is 1.78. The van der Waals surface area contributed by atoms with Crippen LogP contribution in [0, 0.1) is 0 Å². The van der Waals surface area contributed by atoms with Crippen molar-refractivity contribution in [1.82, 2.24) is 9.88 Å². The summed E-state index contributed by atoms with van der Waals surface area (Å²) in [5, 5.41) is 11.1. The Hall–Kier alpha value is -1.81. The van der Waals surface area contributed by atoms with Crippen LogP contribution in [0.25, 0.3) is 10.9 Å². The van der Waals surface area contributed by atoms with E-state index < -0.39 is 6.10 Å². The highest BCUT2D eigenvalue weighted by molar-refractivity contribution is 5.98. The molecule has 0 bridgehead atoms. The topological polar surface area (TPSA) is 56.3 Å². The first-order valence-electron chi connectivity index (χ1n) is 7.20. The molecule has 2 unspecified atom stereocenters. The Labute approximate surface area is 118 Å². The number of H-pyrrole nitrogens is 1. The maximum atomic E-state index is 12.5. The van der Waals surface area contributed by atoms with E-state index in [1.54, 1.807) is 11.9 Å². The molecule has 1 aromatic heterocycles. The standard InChI is InChI=1S/C16H20N2O2/c1-18(14-8-4-5-9-15(14)19)16(20)13-10-11-6-2-3-7-12(11)17-13/h2-3,6-7,10,14-15,17,19H,4-5,8-9H2,1H3. The molecule has 2 aromatic rings. The number of rotatable bonds is 2. The summed E-state index contributed by atoms with van der Waals surface area (Å²) in [4.78, 5) is 17.4. The molecule has 1 aromatic carbocycles. The lowest BCUT2D eigenvalue weighted by molar-refractivity contribution is 0.0265. The second kappa shape index (κ2) is 5.29. The van der Waals surface area contributed by atoms with Gasteiger partial charge in [-0.25, -0.2) is 0 Å². The molecule has 1 aliphatic carbocycles. The van der Waals surface area contributed by atoms with Crippen molar-refractivity contribution in [2.24, 2.45) is 0 Å². The molecular formula is C16H20N2O2. The molecule has 1 fully saturated rings. The predicted molar refractivity (Wildman–Crippen MR) is 78.7 cm³/mol. The number of hydrogen-bond donors (Lipinski definition) is 2. The largest absolute Gasteiger partial charge is 0.391 e. The third kappa shape index (κ3) is 2.31. The van der Waals surface area contributed by atoms with Crippen molar-refractivity contribution >= 4 is 16.8 Å². The minimum absolute atomic E-state index is 0.0489. The Morgan fingerprint density at radius 2 is 2.05 bits per heavy atom. The number of likely N-dealkylation sites (N-methyl/N-ethyl adjacent to an activating group) is 1. The maximum Gasteiger partial charge on any atom is 0.270 e. The number of nitrogens with one attached hydrogen (secondary N) is 1. The number of hydrogen-bond acceptors (Lipinski definition) is 2. The highest BCUT2D eigenvalue weighted by Gasteiger charge is 2.30. The van der Waals surface area contributed by atoms with Crippen molar-refractivity contribution in [2.75, 3.05) is 7.05 Å². The molecule has 1 aliphatic rings. The molecule has 0 spiro atoms. The lowest BCUT2D eigenvalue weighted by Gasteiger charge is -2.34. The minimum atomic E-state index is -0.401. The molecule has 0 saturated heterocycles. The van der Waals surface area contributed by atoms with Gasteiger partial charge in [-0.05, 0) is 25.0 Å². The SMILES string of the molecule is CN(C(=O)c1cc2ccccc2[nH]1)C1CCCCC1O. The highest BCUT2D eigenvalue weighted by Crippen LogP contribution is 2.24. The second-order valence-corrected chi connectivity index (χ2v) is 5.61. The zero-order valence-electron chi connectivity index (χ0n) is 11.7. The first kappa shape index (κ1) is 13.2. The molecular weight excluding hydrogens is 252 g/mol. The van der Waals surface area contributed by atoms with E-state index in [0.717, 1.165) is 36.6 Å². The summed E-state index contributed by atoms with van der Waals surface area (Å²) < 4.78 is 0.